The van der Waals surface area contributed by atoms with Crippen LogP contribution in [0.15, 0.2) is 55.0 Å². The second-order valence-electron chi connectivity index (χ2n) is 5.32. The summed E-state index contributed by atoms with van der Waals surface area (Å²) >= 11 is 0. The van der Waals surface area contributed by atoms with Gasteiger partial charge < -0.3 is 10.1 Å². The zero-order chi connectivity index (χ0) is 16.1. The summed E-state index contributed by atoms with van der Waals surface area (Å²) in [5, 5.41) is 3.42. The minimum Gasteiger partial charge on any atom is -0.497 e. The van der Waals surface area contributed by atoms with Crippen LogP contribution in [0.4, 0.5) is 0 Å². The Balaban J connectivity index is 1.57. The number of nitrogens with one attached hydrogen (secondary N) is 1. The molecule has 1 N–H and O–H groups in total. The largest absolute Gasteiger partial charge is 0.497 e. The van der Waals surface area contributed by atoms with Crippen LogP contribution in [0.1, 0.15) is 17.0 Å². The number of benzene rings is 1. The maximum atomic E-state index is 5.23. The Hall–Kier alpha value is -2.66. The van der Waals surface area contributed by atoms with E-state index in [9.17, 15) is 0 Å². The van der Waals surface area contributed by atoms with Crippen molar-refractivity contribution in [3.05, 3.63) is 71.9 Å². The molecule has 0 radical (unpaired) electrons. The lowest BCUT2D eigenvalue weighted by Crippen LogP contribution is -2.13. The molecule has 0 bridgehead atoms. The van der Waals surface area contributed by atoms with E-state index in [2.05, 4.69) is 27.4 Å². The predicted molar refractivity (Wildman–Crippen MR) is 89.6 cm³/mol. The molecule has 3 rings (SSSR count). The number of methoxy groups -OCH3 is 1. The molecule has 0 aliphatic carbocycles. The quantitative estimate of drug-likeness (QED) is 0.761. The van der Waals surface area contributed by atoms with Gasteiger partial charge in [-0.3, -0.25) is 4.57 Å². The Kier molecular flexibility index (Phi) is 4.68. The number of nitrogens with zero attached hydrogens (tertiary/aromatic N) is 3. The van der Waals surface area contributed by atoms with Crippen molar-refractivity contribution in [3.63, 3.8) is 0 Å². The van der Waals surface area contributed by atoms with Gasteiger partial charge in [0.25, 0.3) is 0 Å². The zero-order valence-electron chi connectivity index (χ0n) is 13.4. The number of ether oxygens (including phenoxy) is 1. The van der Waals surface area contributed by atoms with E-state index in [1.165, 1.54) is 5.56 Å². The Morgan fingerprint density at radius 3 is 2.65 bits per heavy atom. The SMILES string of the molecule is COc1cccc(CNCc2ccc(-n3ccnc3C)nc2)c1. The van der Waals surface area contributed by atoms with Crippen LogP contribution in [-0.2, 0) is 13.1 Å². The molecule has 0 aliphatic rings. The van der Waals surface area contributed by atoms with Crippen molar-refractivity contribution in [1.82, 2.24) is 19.9 Å². The zero-order valence-corrected chi connectivity index (χ0v) is 13.4. The number of hydrogen-bond acceptors (Lipinski definition) is 4. The van der Waals surface area contributed by atoms with Crippen LogP contribution < -0.4 is 10.1 Å². The molecule has 118 valence electrons. The number of rotatable bonds is 6. The fraction of sp³-hybridized carbons (Fsp3) is 0.222. The van der Waals surface area contributed by atoms with Crippen molar-refractivity contribution >= 4 is 0 Å². The molecule has 0 atom stereocenters. The van der Waals surface area contributed by atoms with Gasteiger partial charge in [0.05, 0.1) is 7.11 Å². The molecule has 0 spiro atoms. The molecular formula is C18H20N4O. The summed E-state index contributed by atoms with van der Waals surface area (Å²) in [4.78, 5) is 8.71. The average molecular weight is 308 g/mol. The van der Waals surface area contributed by atoms with Crippen LogP contribution in [-0.4, -0.2) is 21.6 Å². The van der Waals surface area contributed by atoms with Gasteiger partial charge in [0.2, 0.25) is 0 Å². The topological polar surface area (TPSA) is 52.0 Å². The highest BCUT2D eigenvalue weighted by atomic mass is 16.5. The fourth-order valence-electron chi connectivity index (χ4n) is 2.42. The third-order valence-corrected chi connectivity index (χ3v) is 3.67. The number of aryl methyl sites for hydroxylation is 1. The maximum absolute atomic E-state index is 5.23. The van der Waals surface area contributed by atoms with Gasteiger partial charge in [0.1, 0.15) is 17.4 Å². The van der Waals surface area contributed by atoms with Gasteiger partial charge in [0.15, 0.2) is 0 Å². The first-order valence-electron chi connectivity index (χ1n) is 7.55. The van der Waals surface area contributed by atoms with Crippen molar-refractivity contribution in [2.45, 2.75) is 20.0 Å². The first-order chi connectivity index (χ1) is 11.3. The van der Waals surface area contributed by atoms with E-state index in [4.69, 9.17) is 4.74 Å². The fourth-order valence-corrected chi connectivity index (χ4v) is 2.42. The lowest BCUT2D eigenvalue weighted by Gasteiger charge is -2.08. The van der Waals surface area contributed by atoms with Crippen LogP contribution in [0.2, 0.25) is 0 Å². The Morgan fingerprint density at radius 1 is 1.09 bits per heavy atom. The summed E-state index contributed by atoms with van der Waals surface area (Å²) in [5.41, 5.74) is 2.34. The first-order valence-corrected chi connectivity index (χ1v) is 7.55. The minimum absolute atomic E-state index is 0.771. The number of hydrogen-bond donors (Lipinski definition) is 1. The summed E-state index contributed by atoms with van der Waals surface area (Å²) in [7, 11) is 1.68. The third-order valence-electron chi connectivity index (χ3n) is 3.67. The molecule has 0 fully saturated rings. The van der Waals surface area contributed by atoms with Gasteiger partial charge in [-0.05, 0) is 36.2 Å². The standard InChI is InChI=1S/C18H20N4O/c1-14-20-8-9-22(14)18-7-6-16(13-21-18)12-19-11-15-4-3-5-17(10-15)23-2/h3-10,13,19H,11-12H2,1-2H3. The van der Waals surface area contributed by atoms with E-state index in [0.717, 1.165) is 36.0 Å². The van der Waals surface area contributed by atoms with Crippen molar-refractivity contribution in [2.75, 3.05) is 7.11 Å². The molecule has 3 aromatic rings. The molecule has 5 nitrogen and oxygen atoms in total. The predicted octanol–water partition coefficient (Wildman–Crippen LogP) is 2.87. The van der Waals surface area contributed by atoms with Crippen molar-refractivity contribution in [1.29, 1.82) is 0 Å². The smallest absolute Gasteiger partial charge is 0.137 e. The van der Waals surface area contributed by atoms with Gasteiger partial charge in [-0.15, -0.1) is 0 Å². The highest BCUT2D eigenvalue weighted by Gasteiger charge is 2.02. The molecule has 23 heavy (non-hydrogen) atoms. The Labute approximate surface area is 136 Å². The van der Waals surface area contributed by atoms with E-state index in [-0.39, 0.29) is 0 Å². The maximum Gasteiger partial charge on any atom is 0.137 e. The van der Waals surface area contributed by atoms with Crippen LogP contribution in [0, 0.1) is 6.92 Å². The number of pyridine rings is 1. The first kappa shape index (κ1) is 15.2. The number of imidazole rings is 1. The van der Waals surface area contributed by atoms with E-state index in [0.29, 0.717) is 0 Å². The van der Waals surface area contributed by atoms with Crippen LogP contribution >= 0.6 is 0 Å². The Bertz CT molecular complexity index is 765. The van der Waals surface area contributed by atoms with Crippen molar-refractivity contribution < 1.29 is 4.74 Å². The molecule has 2 aromatic heterocycles. The molecule has 5 heteroatoms. The van der Waals surface area contributed by atoms with Crippen LogP contribution in [0.25, 0.3) is 5.82 Å². The van der Waals surface area contributed by atoms with E-state index < -0.39 is 0 Å². The molecule has 0 saturated carbocycles. The average Bonchev–Trinajstić information content (AvgIpc) is 3.02. The lowest BCUT2D eigenvalue weighted by molar-refractivity contribution is 0.414. The second kappa shape index (κ2) is 7.07. The molecule has 2 heterocycles. The van der Waals surface area contributed by atoms with Crippen LogP contribution in [0.5, 0.6) is 5.75 Å². The summed E-state index contributed by atoms with van der Waals surface area (Å²) in [5.74, 6) is 2.70. The summed E-state index contributed by atoms with van der Waals surface area (Å²) < 4.78 is 7.20. The molecular weight excluding hydrogens is 288 g/mol. The summed E-state index contributed by atoms with van der Waals surface area (Å²) in [6.07, 6.45) is 5.59. The molecule has 0 unspecified atom stereocenters. The highest BCUT2D eigenvalue weighted by molar-refractivity contribution is 5.29. The summed E-state index contributed by atoms with van der Waals surface area (Å²) in [6.45, 7) is 3.53. The lowest BCUT2D eigenvalue weighted by atomic mass is 10.2. The third kappa shape index (κ3) is 3.76. The normalized spacial score (nSPS) is 10.7. The molecule has 0 saturated heterocycles. The van der Waals surface area contributed by atoms with E-state index in [1.54, 1.807) is 13.3 Å². The van der Waals surface area contributed by atoms with Crippen molar-refractivity contribution in [3.8, 4) is 11.6 Å². The van der Waals surface area contributed by atoms with Gasteiger partial charge in [0, 0.05) is 31.7 Å². The summed E-state index contributed by atoms with van der Waals surface area (Å²) in [6, 6.07) is 12.2. The van der Waals surface area contributed by atoms with Gasteiger partial charge in [-0.25, -0.2) is 9.97 Å². The molecule has 1 aromatic carbocycles. The minimum atomic E-state index is 0.771. The van der Waals surface area contributed by atoms with Gasteiger partial charge >= 0.3 is 0 Å². The number of aromatic nitrogens is 3. The highest BCUT2D eigenvalue weighted by Crippen LogP contribution is 2.12. The van der Waals surface area contributed by atoms with Gasteiger partial charge in [-0.1, -0.05) is 18.2 Å². The van der Waals surface area contributed by atoms with E-state index in [1.807, 2.05) is 48.1 Å². The molecule has 0 aliphatic heterocycles. The van der Waals surface area contributed by atoms with E-state index >= 15 is 0 Å². The second-order valence-corrected chi connectivity index (χ2v) is 5.32. The Morgan fingerprint density at radius 2 is 1.96 bits per heavy atom. The van der Waals surface area contributed by atoms with Crippen LogP contribution in [0.3, 0.4) is 0 Å². The monoisotopic (exact) mass is 308 g/mol. The molecule has 0 amide bonds. The van der Waals surface area contributed by atoms with Gasteiger partial charge in [-0.2, -0.15) is 0 Å². The van der Waals surface area contributed by atoms with Crippen molar-refractivity contribution in [2.24, 2.45) is 0 Å².